The van der Waals surface area contributed by atoms with Crippen LogP contribution in [0.5, 0.6) is 0 Å². The first-order chi connectivity index (χ1) is 9.46. The van der Waals surface area contributed by atoms with E-state index in [0.717, 1.165) is 21.3 Å². The molecule has 112 valence electrons. The summed E-state index contributed by atoms with van der Waals surface area (Å²) < 4.78 is 18.3. The van der Waals surface area contributed by atoms with Gasteiger partial charge in [0.25, 0.3) is 0 Å². The second-order valence-corrected chi connectivity index (χ2v) is 4.20. The zero-order valence-electron chi connectivity index (χ0n) is 11.4. The van der Waals surface area contributed by atoms with Crippen LogP contribution < -0.4 is 0 Å². The van der Waals surface area contributed by atoms with Crippen molar-refractivity contribution in [3.8, 4) is 0 Å². The van der Waals surface area contributed by atoms with Crippen molar-refractivity contribution in [2.75, 3.05) is 27.9 Å². The Hall–Kier alpha value is -2.12. The average molecular weight is 288 g/mol. The summed E-state index contributed by atoms with van der Waals surface area (Å²) in [5, 5.41) is 0. The first kappa shape index (κ1) is 15.9. The number of hydrogen-bond acceptors (Lipinski definition) is 8. The molecule has 20 heavy (non-hydrogen) atoms. The van der Waals surface area contributed by atoms with Crippen molar-refractivity contribution in [3.05, 3.63) is 0 Å². The normalized spacial score (nSPS) is 19.9. The lowest BCUT2D eigenvalue weighted by molar-refractivity contribution is -0.185. The van der Waals surface area contributed by atoms with E-state index < -0.39 is 41.6 Å². The molecular weight excluding hydrogens is 272 g/mol. The van der Waals surface area contributed by atoms with Gasteiger partial charge in [0.05, 0.1) is 39.6 Å². The van der Waals surface area contributed by atoms with Crippen LogP contribution in [-0.4, -0.2) is 51.8 Å². The van der Waals surface area contributed by atoms with Crippen molar-refractivity contribution in [1.82, 2.24) is 0 Å². The number of methoxy groups -OCH3 is 3. The Morgan fingerprint density at radius 2 is 1.75 bits per heavy atom. The molecular formula is C12H16O8. The minimum Gasteiger partial charge on any atom is -0.469 e. The maximum absolute atomic E-state index is 11.8. The molecule has 0 amide bonds. The summed E-state index contributed by atoms with van der Waals surface area (Å²) in [4.78, 5) is 46.4. The van der Waals surface area contributed by atoms with E-state index in [9.17, 15) is 19.2 Å². The molecule has 1 fully saturated rings. The standard InChI is InChI=1S/C12H16O8/c1-17-8(13)4-6(10(14)18-2)9(12(16)19-3)7-5-20-11(7)15/h6-7,9H,4-5H2,1-3H3. The molecule has 0 aliphatic carbocycles. The van der Waals surface area contributed by atoms with Crippen molar-refractivity contribution < 1.29 is 38.1 Å². The second kappa shape index (κ2) is 6.88. The fourth-order valence-electron chi connectivity index (χ4n) is 2.01. The van der Waals surface area contributed by atoms with Gasteiger partial charge in [-0.05, 0) is 0 Å². The molecule has 3 atom stereocenters. The molecule has 0 bridgehead atoms. The lowest BCUT2D eigenvalue weighted by Crippen LogP contribution is -2.49. The first-order valence-corrected chi connectivity index (χ1v) is 5.85. The average Bonchev–Trinajstić information content (AvgIpc) is 2.46. The van der Waals surface area contributed by atoms with Gasteiger partial charge in [-0.1, -0.05) is 0 Å². The number of esters is 4. The molecule has 1 saturated heterocycles. The third-order valence-electron chi connectivity index (χ3n) is 3.17. The summed E-state index contributed by atoms with van der Waals surface area (Å²) >= 11 is 0. The smallest absolute Gasteiger partial charge is 0.313 e. The van der Waals surface area contributed by atoms with Crippen LogP contribution in [0.15, 0.2) is 0 Å². The third kappa shape index (κ3) is 3.25. The van der Waals surface area contributed by atoms with E-state index in [1.165, 1.54) is 0 Å². The van der Waals surface area contributed by atoms with Crippen LogP contribution in [0.3, 0.4) is 0 Å². The number of carbonyl (C=O) groups is 4. The molecule has 8 heteroatoms. The minimum absolute atomic E-state index is 0.00668. The van der Waals surface area contributed by atoms with E-state index >= 15 is 0 Å². The van der Waals surface area contributed by atoms with Gasteiger partial charge in [-0.25, -0.2) is 0 Å². The molecule has 1 aliphatic heterocycles. The molecule has 1 aliphatic rings. The Kier molecular flexibility index (Phi) is 5.48. The molecule has 0 aromatic carbocycles. The lowest BCUT2D eigenvalue weighted by Gasteiger charge is -2.33. The maximum Gasteiger partial charge on any atom is 0.313 e. The van der Waals surface area contributed by atoms with E-state index in [4.69, 9.17) is 0 Å². The Balaban J connectivity index is 3.02. The largest absolute Gasteiger partial charge is 0.469 e. The number of hydrogen-bond donors (Lipinski definition) is 0. The monoisotopic (exact) mass is 288 g/mol. The summed E-state index contributed by atoms with van der Waals surface area (Å²) in [5.41, 5.74) is 0. The molecule has 1 rings (SSSR count). The number of carbonyl (C=O) groups excluding carboxylic acids is 4. The molecule has 0 spiro atoms. The molecule has 0 N–H and O–H groups in total. The van der Waals surface area contributed by atoms with Gasteiger partial charge in [-0.2, -0.15) is 0 Å². The predicted octanol–water partition coefficient (Wildman–Crippen LogP) is -0.699. The van der Waals surface area contributed by atoms with Crippen LogP contribution in [0.1, 0.15) is 6.42 Å². The van der Waals surface area contributed by atoms with Crippen LogP contribution in [0, 0.1) is 17.8 Å². The fraction of sp³-hybridized carbons (Fsp3) is 0.667. The van der Waals surface area contributed by atoms with E-state index in [2.05, 4.69) is 18.9 Å². The number of cyclic esters (lactones) is 1. The summed E-state index contributed by atoms with van der Waals surface area (Å²) in [6.07, 6.45) is -0.382. The highest BCUT2D eigenvalue weighted by atomic mass is 16.6. The molecule has 0 aromatic heterocycles. The van der Waals surface area contributed by atoms with Gasteiger partial charge in [0.15, 0.2) is 0 Å². The molecule has 8 nitrogen and oxygen atoms in total. The molecule has 0 saturated carbocycles. The highest BCUT2D eigenvalue weighted by molar-refractivity contribution is 5.90. The molecule has 0 radical (unpaired) electrons. The highest BCUT2D eigenvalue weighted by Gasteiger charge is 2.50. The van der Waals surface area contributed by atoms with Crippen LogP contribution >= 0.6 is 0 Å². The van der Waals surface area contributed by atoms with Gasteiger partial charge in [0.2, 0.25) is 0 Å². The van der Waals surface area contributed by atoms with Crippen molar-refractivity contribution in [2.45, 2.75) is 6.42 Å². The Bertz CT molecular complexity index is 416. The Labute approximate surface area is 115 Å². The van der Waals surface area contributed by atoms with Crippen LogP contribution in [-0.2, 0) is 38.1 Å². The second-order valence-electron chi connectivity index (χ2n) is 4.20. The van der Waals surface area contributed by atoms with Crippen LogP contribution in [0.25, 0.3) is 0 Å². The Morgan fingerprint density at radius 1 is 1.15 bits per heavy atom. The van der Waals surface area contributed by atoms with Crippen LogP contribution in [0.2, 0.25) is 0 Å². The zero-order chi connectivity index (χ0) is 15.3. The predicted molar refractivity (Wildman–Crippen MR) is 62.1 cm³/mol. The van der Waals surface area contributed by atoms with E-state index in [0.29, 0.717) is 0 Å². The first-order valence-electron chi connectivity index (χ1n) is 5.85. The maximum atomic E-state index is 11.8. The molecule has 1 heterocycles. The third-order valence-corrected chi connectivity index (χ3v) is 3.17. The summed E-state index contributed by atoms with van der Waals surface area (Å²) in [6.45, 7) is -0.00668. The van der Waals surface area contributed by atoms with Crippen molar-refractivity contribution in [2.24, 2.45) is 17.8 Å². The highest BCUT2D eigenvalue weighted by Crippen LogP contribution is 2.32. The topological polar surface area (TPSA) is 105 Å². The minimum atomic E-state index is -1.15. The quantitative estimate of drug-likeness (QED) is 0.466. The zero-order valence-corrected chi connectivity index (χ0v) is 11.4. The van der Waals surface area contributed by atoms with E-state index in [1.807, 2.05) is 0 Å². The van der Waals surface area contributed by atoms with Crippen LogP contribution in [0.4, 0.5) is 0 Å². The summed E-state index contributed by atoms with van der Waals surface area (Å²) in [7, 11) is 3.41. The van der Waals surface area contributed by atoms with Gasteiger partial charge in [-0.15, -0.1) is 0 Å². The lowest BCUT2D eigenvalue weighted by atomic mass is 9.78. The van der Waals surface area contributed by atoms with Crippen molar-refractivity contribution in [3.63, 3.8) is 0 Å². The van der Waals surface area contributed by atoms with Gasteiger partial charge in [0.1, 0.15) is 12.5 Å². The molecule has 0 aromatic rings. The number of rotatable bonds is 6. The van der Waals surface area contributed by atoms with E-state index in [-0.39, 0.29) is 13.0 Å². The molecule has 3 unspecified atom stereocenters. The summed E-state index contributed by atoms with van der Waals surface area (Å²) in [6, 6.07) is 0. The number of ether oxygens (including phenoxy) is 4. The van der Waals surface area contributed by atoms with Gasteiger partial charge in [0, 0.05) is 0 Å². The summed E-state index contributed by atoms with van der Waals surface area (Å²) in [5.74, 6) is -5.97. The van der Waals surface area contributed by atoms with E-state index in [1.54, 1.807) is 0 Å². The van der Waals surface area contributed by atoms with Crippen molar-refractivity contribution in [1.29, 1.82) is 0 Å². The van der Waals surface area contributed by atoms with Crippen molar-refractivity contribution >= 4 is 23.9 Å². The van der Waals surface area contributed by atoms with Gasteiger partial charge in [-0.3, -0.25) is 19.2 Å². The SMILES string of the molecule is COC(=O)CC(C(=O)OC)C(C(=O)OC)C1COC1=O. The van der Waals surface area contributed by atoms with Gasteiger partial charge < -0.3 is 18.9 Å². The Morgan fingerprint density at radius 3 is 2.10 bits per heavy atom. The van der Waals surface area contributed by atoms with Gasteiger partial charge >= 0.3 is 23.9 Å². The fourth-order valence-corrected chi connectivity index (χ4v) is 2.01.